The molecule has 18 heavy (non-hydrogen) atoms. The van der Waals surface area contributed by atoms with Gasteiger partial charge in [0.05, 0.1) is 24.6 Å². The lowest BCUT2D eigenvalue weighted by Crippen LogP contribution is -2.37. The van der Waals surface area contributed by atoms with Gasteiger partial charge in [-0.1, -0.05) is 6.07 Å². The summed E-state index contributed by atoms with van der Waals surface area (Å²) in [5, 5.41) is 9.45. The molecular weight excluding hydrogens is 224 g/mol. The van der Waals surface area contributed by atoms with E-state index in [2.05, 4.69) is 30.1 Å². The molecule has 1 aromatic carbocycles. The number of hydrogen-bond acceptors (Lipinski definition) is 3. The number of methoxy groups -OCH3 is 1. The minimum atomic E-state index is -0.140. The van der Waals surface area contributed by atoms with Gasteiger partial charge in [0.15, 0.2) is 0 Å². The molecule has 2 aliphatic rings. The predicted molar refractivity (Wildman–Crippen MR) is 69.3 cm³/mol. The van der Waals surface area contributed by atoms with E-state index in [1.807, 2.05) is 6.07 Å². The van der Waals surface area contributed by atoms with Crippen LogP contribution in [0.15, 0.2) is 18.2 Å². The topological polar surface area (TPSA) is 36.3 Å². The summed E-state index contributed by atoms with van der Waals surface area (Å²) in [5.41, 5.74) is 2.53. The predicted octanol–water partition coefficient (Wildman–Crippen LogP) is 2.53. The van der Waals surface area contributed by atoms with E-state index in [0.717, 1.165) is 31.6 Å². The van der Waals surface area contributed by atoms with Crippen LogP contribution in [0.1, 0.15) is 30.0 Å². The average Bonchev–Trinajstić information content (AvgIpc) is 3.19. The van der Waals surface area contributed by atoms with Crippen molar-refractivity contribution in [2.45, 2.75) is 25.3 Å². The Morgan fingerprint density at radius 2 is 2.22 bits per heavy atom. The second-order valence-electron chi connectivity index (χ2n) is 5.47. The lowest BCUT2D eigenvalue weighted by atomic mass is 9.83. The summed E-state index contributed by atoms with van der Waals surface area (Å²) in [5.74, 6) is 0.916. The van der Waals surface area contributed by atoms with Crippen LogP contribution in [-0.4, -0.2) is 25.6 Å². The summed E-state index contributed by atoms with van der Waals surface area (Å²) in [4.78, 5) is 2.34. The van der Waals surface area contributed by atoms with Crippen LogP contribution in [0.4, 0.5) is 0 Å². The molecule has 1 heterocycles. The smallest absolute Gasteiger partial charge is 0.119 e. The fraction of sp³-hybridized carbons (Fsp3) is 0.533. The highest BCUT2D eigenvalue weighted by Gasteiger charge is 2.53. The molecule has 1 saturated carbocycles. The second-order valence-corrected chi connectivity index (χ2v) is 5.47. The summed E-state index contributed by atoms with van der Waals surface area (Å²) in [7, 11) is 3.83. The number of fused-ring (bicyclic) bond motifs is 1. The van der Waals surface area contributed by atoms with Crippen LogP contribution in [0.25, 0.3) is 0 Å². The van der Waals surface area contributed by atoms with Crippen molar-refractivity contribution in [1.29, 1.82) is 5.26 Å². The van der Waals surface area contributed by atoms with Crippen LogP contribution in [-0.2, 0) is 6.42 Å². The molecular formula is C15H18N2O. The van der Waals surface area contributed by atoms with Gasteiger partial charge < -0.3 is 4.74 Å². The lowest BCUT2D eigenvalue weighted by Gasteiger charge is -2.37. The van der Waals surface area contributed by atoms with E-state index in [4.69, 9.17) is 4.74 Å². The minimum Gasteiger partial charge on any atom is -0.497 e. The Labute approximate surface area is 108 Å². The number of nitrogens with zero attached hydrogens (tertiary/aromatic N) is 2. The monoisotopic (exact) mass is 242 g/mol. The molecule has 1 aliphatic carbocycles. The van der Waals surface area contributed by atoms with Gasteiger partial charge in [-0.2, -0.15) is 5.26 Å². The summed E-state index contributed by atoms with van der Waals surface area (Å²) in [6.07, 6.45) is 3.11. The van der Waals surface area contributed by atoms with Gasteiger partial charge in [-0.15, -0.1) is 0 Å². The van der Waals surface area contributed by atoms with Gasteiger partial charge >= 0.3 is 0 Å². The SMILES string of the molecule is COc1ccc2c(c1)CCN(C)C2C1(C#N)CC1. The molecule has 0 bridgehead atoms. The highest BCUT2D eigenvalue weighted by molar-refractivity contribution is 5.42. The molecule has 1 aromatic rings. The van der Waals surface area contributed by atoms with Crippen LogP contribution in [0.3, 0.4) is 0 Å². The summed E-state index contributed by atoms with van der Waals surface area (Å²) >= 11 is 0. The molecule has 0 amide bonds. The van der Waals surface area contributed by atoms with Gasteiger partial charge in [-0.25, -0.2) is 0 Å². The van der Waals surface area contributed by atoms with Gasteiger partial charge in [0.1, 0.15) is 5.75 Å². The first kappa shape index (κ1) is 11.6. The van der Waals surface area contributed by atoms with Crippen molar-refractivity contribution in [3.63, 3.8) is 0 Å². The van der Waals surface area contributed by atoms with E-state index in [1.165, 1.54) is 11.1 Å². The van der Waals surface area contributed by atoms with Gasteiger partial charge in [-0.3, -0.25) is 4.90 Å². The number of ether oxygens (including phenoxy) is 1. The Morgan fingerprint density at radius 1 is 1.44 bits per heavy atom. The Balaban J connectivity index is 2.05. The fourth-order valence-electron chi connectivity index (χ4n) is 3.16. The van der Waals surface area contributed by atoms with Crippen LogP contribution in [0.5, 0.6) is 5.75 Å². The highest BCUT2D eigenvalue weighted by atomic mass is 16.5. The number of nitriles is 1. The van der Waals surface area contributed by atoms with Crippen molar-refractivity contribution >= 4 is 0 Å². The van der Waals surface area contributed by atoms with Crippen molar-refractivity contribution < 1.29 is 4.74 Å². The zero-order chi connectivity index (χ0) is 12.8. The normalized spacial score (nSPS) is 25.1. The first-order chi connectivity index (χ1) is 8.70. The molecule has 0 N–H and O–H groups in total. The van der Waals surface area contributed by atoms with Gasteiger partial charge in [0.2, 0.25) is 0 Å². The Hall–Kier alpha value is -1.53. The molecule has 1 atom stereocenters. The molecule has 0 spiro atoms. The van der Waals surface area contributed by atoms with Crippen LogP contribution >= 0.6 is 0 Å². The number of rotatable bonds is 2. The molecule has 0 aromatic heterocycles. The van der Waals surface area contributed by atoms with Gasteiger partial charge in [0.25, 0.3) is 0 Å². The van der Waals surface area contributed by atoms with E-state index < -0.39 is 0 Å². The molecule has 3 rings (SSSR count). The Kier molecular flexibility index (Phi) is 2.57. The zero-order valence-corrected chi connectivity index (χ0v) is 10.9. The summed E-state index contributed by atoms with van der Waals surface area (Å²) in [6.45, 7) is 1.02. The van der Waals surface area contributed by atoms with E-state index >= 15 is 0 Å². The highest BCUT2D eigenvalue weighted by Crippen LogP contribution is 2.58. The molecule has 1 aliphatic heterocycles. The third-order valence-electron chi connectivity index (χ3n) is 4.35. The van der Waals surface area contributed by atoms with Crippen LogP contribution in [0, 0.1) is 16.7 Å². The van der Waals surface area contributed by atoms with Crippen molar-refractivity contribution in [2.75, 3.05) is 20.7 Å². The largest absolute Gasteiger partial charge is 0.497 e. The third-order valence-corrected chi connectivity index (χ3v) is 4.35. The third kappa shape index (κ3) is 1.60. The standard InChI is InChI=1S/C15H18N2O/c1-17-8-5-11-9-12(18-2)3-4-13(11)14(17)15(10-16)6-7-15/h3-4,9,14H,5-8H2,1-2H3. The van der Waals surface area contributed by atoms with Gasteiger partial charge in [-0.05, 0) is 49.6 Å². The number of benzene rings is 1. The Bertz CT molecular complexity index is 514. The molecule has 1 unspecified atom stereocenters. The van der Waals surface area contributed by atoms with E-state index in [0.29, 0.717) is 0 Å². The summed E-state index contributed by atoms with van der Waals surface area (Å²) in [6, 6.07) is 9.10. The van der Waals surface area contributed by atoms with Crippen LogP contribution < -0.4 is 4.74 Å². The first-order valence-electron chi connectivity index (χ1n) is 6.48. The maximum absolute atomic E-state index is 9.45. The molecule has 94 valence electrons. The first-order valence-corrected chi connectivity index (χ1v) is 6.48. The fourth-order valence-corrected chi connectivity index (χ4v) is 3.16. The molecule has 0 saturated heterocycles. The average molecular weight is 242 g/mol. The van der Waals surface area contributed by atoms with E-state index in [1.54, 1.807) is 7.11 Å². The quantitative estimate of drug-likeness (QED) is 0.799. The zero-order valence-electron chi connectivity index (χ0n) is 10.9. The molecule has 1 fully saturated rings. The lowest BCUT2D eigenvalue weighted by molar-refractivity contribution is 0.178. The van der Waals surface area contributed by atoms with Crippen molar-refractivity contribution in [1.82, 2.24) is 4.90 Å². The van der Waals surface area contributed by atoms with Crippen molar-refractivity contribution in [2.24, 2.45) is 5.41 Å². The number of hydrogen-bond donors (Lipinski definition) is 0. The summed E-state index contributed by atoms with van der Waals surface area (Å²) < 4.78 is 5.29. The van der Waals surface area contributed by atoms with E-state index in [9.17, 15) is 5.26 Å². The maximum Gasteiger partial charge on any atom is 0.119 e. The van der Waals surface area contributed by atoms with Crippen molar-refractivity contribution in [3.05, 3.63) is 29.3 Å². The van der Waals surface area contributed by atoms with Crippen molar-refractivity contribution in [3.8, 4) is 11.8 Å². The second kappa shape index (κ2) is 4.00. The van der Waals surface area contributed by atoms with Gasteiger partial charge in [0, 0.05) is 6.54 Å². The maximum atomic E-state index is 9.45. The Morgan fingerprint density at radius 3 is 2.83 bits per heavy atom. The number of likely N-dealkylation sites (N-methyl/N-ethyl adjacent to an activating group) is 1. The van der Waals surface area contributed by atoms with Crippen LogP contribution in [0.2, 0.25) is 0 Å². The minimum absolute atomic E-state index is 0.140. The molecule has 0 radical (unpaired) electrons. The van der Waals surface area contributed by atoms with E-state index in [-0.39, 0.29) is 11.5 Å². The molecule has 3 nitrogen and oxygen atoms in total. The molecule has 3 heteroatoms.